The van der Waals surface area contributed by atoms with Gasteiger partial charge in [0.05, 0.1) is 12.2 Å². The Morgan fingerprint density at radius 3 is 1.71 bits per heavy atom. The summed E-state index contributed by atoms with van der Waals surface area (Å²) in [6.45, 7) is 2.09. The molecule has 0 heterocycles. The summed E-state index contributed by atoms with van der Waals surface area (Å²) in [6, 6.07) is 0. The first-order chi connectivity index (χ1) is 6.63. The van der Waals surface area contributed by atoms with E-state index in [1.54, 1.807) is 0 Å². The molecule has 0 saturated carbocycles. The lowest BCUT2D eigenvalue weighted by Gasteiger charge is -2.20. The molecule has 0 rings (SSSR count). The van der Waals surface area contributed by atoms with E-state index in [1.165, 1.54) is 0 Å². The minimum absolute atomic E-state index is 0.261. The molecular weight excluding hydrogens is 223 g/mol. The van der Waals surface area contributed by atoms with Gasteiger partial charge in [0, 0.05) is 11.8 Å². The molecule has 2 atom stereocenters. The van der Waals surface area contributed by atoms with Crippen molar-refractivity contribution in [2.75, 3.05) is 11.8 Å². The van der Waals surface area contributed by atoms with Crippen LogP contribution in [0.25, 0.3) is 0 Å². The lowest BCUT2D eigenvalue weighted by atomic mass is 9.91. The van der Waals surface area contributed by atoms with Crippen molar-refractivity contribution >= 4 is 23.2 Å². The summed E-state index contributed by atoms with van der Waals surface area (Å²) >= 11 is 11.1. The number of hydrogen-bond acceptors (Lipinski definition) is 2. The Balaban J connectivity index is 3.88. The van der Waals surface area contributed by atoms with Crippen LogP contribution in [0, 0.1) is 5.92 Å². The highest BCUT2D eigenvalue weighted by Gasteiger charge is 2.16. The maximum absolute atomic E-state index is 9.39. The van der Waals surface area contributed by atoms with E-state index in [2.05, 4.69) is 6.92 Å². The van der Waals surface area contributed by atoms with Crippen LogP contribution >= 0.6 is 23.2 Å². The lowest BCUT2D eigenvalue weighted by Crippen LogP contribution is -2.20. The van der Waals surface area contributed by atoms with Gasteiger partial charge in [0.1, 0.15) is 0 Å². The van der Waals surface area contributed by atoms with E-state index in [1.807, 2.05) is 0 Å². The van der Waals surface area contributed by atoms with Crippen molar-refractivity contribution in [1.29, 1.82) is 0 Å². The van der Waals surface area contributed by atoms with Crippen molar-refractivity contribution in [2.45, 2.75) is 44.8 Å². The molecule has 0 bridgehead atoms. The zero-order valence-corrected chi connectivity index (χ0v) is 10.1. The third kappa shape index (κ3) is 6.88. The highest BCUT2D eigenvalue weighted by molar-refractivity contribution is 6.18. The van der Waals surface area contributed by atoms with Gasteiger partial charge in [-0.25, -0.2) is 0 Å². The molecule has 0 fully saturated rings. The molecular formula is C10H20Cl2O2. The Hall–Kier alpha value is 0.500. The molecule has 2 nitrogen and oxygen atoms in total. The zero-order chi connectivity index (χ0) is 11.0. The summed E-state index contributed by atoms with van der Waals surface area (Å²) in [7, 11) is 0. The van der Waals surface area contributed by atoms with Gasteiger partial charge < -0.3 is 10.2 Å². The van der Waals surface area contributed by atoms with Crippen molar-refractivity contribution in [1.82, 2.24) is 0 Å². The standard InChI is InChI=1S/C10H20Cl2O2/c1-2-3-8(4-9(13)6-11)5-10(14)7-12/h8-10,13-14H,2-7H2,1H3. The number of aliphatic hydroxyl groups excluding tert-OH is 2. The van der Waals surface area contributed by atoms with E-state index in [-0.39, 0.29) is 11.8 Å². The fourth-order valence-corrected chi connectivity index (χ4v) is 1.89. The maximum atomic E-state index is 9.39. The third-order valence-corrected chi connectivity index (χ3v) is 2.98. The number of halogens is 2. The van der Waals surface area contributed by atoms with Crippen molar-refractivity contribution in [3.05, 3.63) is 0 Å². The first kappa shape index (κ1) is 14.5. The molecule has 0 saturated heterocycles. The van der Waals surface area contributed by atoms with Crippen LogP contribution in [-0.2, 0) is 0 Å². The fraction of sp³-hybridized carbons (Fsp3) is 1.00. The Kier molecular flexibility index (Phi) is 9.09. The number of aliphatic hydroxyl groups is 2. The molecule has 0 aromatic heterocycles. The highest BCUT2D eigenvalue weighted by Crippen LogP contribution is 2.20. The van der Waals surface area contributed by atoms with Gasteiger partial charge in [0.2, 0.25) is 0 Å². The normalized spacial score (nSPS) is 17.8. The first-order valence-electron chi connectivity index (χ1n) is 5.12. The molecule has 2 N–H and O–H groups in total. The third-order valence-electron chi connectivity index (χ3n) is 2.26. The van der Waals surface area contributed by atoms with E-state index in [4.69, 9.17) is 23.2 Å². The Bertz CT molecular complexity index is 121. The van der Waals surface area contributed by atoms with Crippen LogP contribution in [0.2, 0.25) is 0 Å². The largest absolute Gasteiger partial charge is 0.392 e. The first-order valence-corrected chi connectivity index (χ1v) is 6.18. The van der Waals surface area contributed by atoms with E-state index in [0.29, 0.717) is 18.8 Å². The van der Waals surface area contributed by atoms with Gasteiger partial charge in [-0.1, -0.05) is 19.8 Å². The van der Waals surface area contributed by atoms with Crippen molar-refractivity contribution < 1.29 is 10.2 Å². The molecule has 2 unspecified atom stereocenters. The summed E-state index contributed by atoms with van der Waals surface area (Å²) in [5.41, 5.74) is 0. The van der Waals surface area contributed by atoms with E-state index in [0.717, 1.165) is 12.8 Å². The van der Waals surface area contributed by atoms with Crippen LogP contribution in [0.4, 0.5) is 0 Å². The van der Waals surface area contributed by atoms with Gasteiger partial charge in [0.25, 0.3) is 0 Å². The molecule has 0 aliphatic carbocycles. The average molecular weight is 243 g/mol. The lowest BCUT2D eigenvalue weighted by molar-refractivity contribution is 0.119. The number of hydrogen-bond donors (Lipinski definition) is 2. The van der Waals surface area contributed by atoms with Gasteiger partial charge >= 0.3 is 0 Å². The Morgan fingerprint density at radius 1 is 1.00 bits per heavy atom. The summed E-state index contributed by atoms with van der Waals surface area (Å²) in [5, 5.41) is 18.8. The number of alkyl halides is 2. The summed E-state index contributed by atoms with van der Waals surface area (Å²) in [6.07, 6.45) is 2.44. The van der Waals surface area contributed by atoms with Crippen LogP contribution in [0.5, 0.6) is 0 Å². The molecule has 0 amide bonds. The highest BCUT2D eigenvalue weighted by atomic mass is 35.5. The second-order valence-electron chi connectivity index (χ2n) is 3.74. The predicted octanol–water partition coefficient (Wildman–Crippen LogP) is 2.38. The van der Waals surface area contributed by atoms with Crippen molar-refractivity contribution in [2.24, 2.45) is 5.92 Å². The molecule has 0 spiro atoms. The van der Waals surface area contributed by atoms with Gasteiger partial charge in [-0.15, -0.1) is 23.2 Å². The number of rotatable bonds is 8. The SMILES string of the molecule is CCCC(CC(O)CCl)CC(O)CCl. The second-order valence-corrected chi connectivity index (χ2v) is 4.36. The van der Waals surface area contributed by atoms with Crippen LogP contribution in [0.3, 0.4) is 0 Å². The van der Waals surface area contributed by atoms with E-state index >= 15 is 0 Å². The van der Waals surface area contributed by atoms with Crippen LogP contribution in [0.1, 0.15) is 32.6 Å². The van der Waals surface area contributed by atoms with Crippen molar-refractivity contribution in [3.8, 4) is 0 Å². The molecule has 0 aliphatic heterocycles. The topological polar surface area (TPSA) is 40.5 Å². The Morgan fingerprint density at radius 2 is 1.43 bits per heavy atom. The molecule has 0 aromatic rings. The van der Waals surface area contributed by atoms with Gasteiger partial charge in [-0.05, 0) is 18.8 Å². The fourth-order valence-electron chi connectivity index (χ4n) is 1.64. The smallest absolute Gasteiger partial charge is 0.0678 e. The maximum Gasteiger partial charge on any atom is 0.0678 e. The van der Waals surface area contributed by atoms with Gasteiger partial charge in [0.15, 0.2) is 0 Å². The predicted molar refractivity (Wildman–Crippen MR) is 61.1 cm³/mol. The van der Waals surface area contributed by atoms with Crippen LogP contribution in [0.15, 0.2) is 0 Å². The van der Waals surface area contributed by atoms with E-state index < -0.39 is 12.2 Å². The summed E-state index contributed by atoms with van der Waals surface area (Å²) in [5.74, 6) is 0.844. The molecule has 4 heteroatoms. The van der Waals surface area contributed by atoms with Crippen LogP contribution < -0.4 is 0 Å². The monoisotopic (exact) mass is 242 g/mol. The van der Waals surface area contributed by atoms with Gasteiger partial charge in [-0.2, -0.15) is 0 Å². The second kappa shape index (κ2) is 8.78. The summed E-state index contributed by atoms with van der Waals surface area (Å²) < 4.78 is 0. The minimum Gasteiger partial charge on any atom is -0.392 e. The average Bonchev–Trinajstić information content (AvgIpc) is 2.17. The minimum atomic E-state index is -0.462. The van der Waals surface area contributed by atoms with Crippen molar-refractivity contribution in [3.63, 3.8) is 0 Å². The molecule has 86 valence electrons. The Labute approximate surface area is 96.2 Å². The zero-order valence-electron chi connectivity index (χ0n) is 8.63. The van der Waals surface area contributed by atoms with E-state index in [9.17, 15) is 10.2 Å². The van der Waals surface area contributed by atoms with Crippen LogP contribution in [-0.4, -0.2) is 34.2 Å². The van der Waals surface area contributed by atoms with Gasteiger partial charge in [-0.3, -0.25) is 0 Å². The quantitative estimate of drug-likeness (QED) is 0.642. The summed E-state index contributed by atoms with van der Waals surface area (Å²) in [4.78, 5) is 0. The molecule has 0 aliphatic rings. The molecule has 14 heavy (non-hydrogen) atoms. The molecule has 0 radical (unpaired) electrons. The molecule has 0 aromatic carbocycles.